The van der Waals surface area contributed by atoms with Crippen LogP contribution in [0.25, 0.3) is 5.69 Å². The molecule has 0 fully saturated rings. The summed E-state index contributed by atoms with van der Waals surface area (Å²) in [5.41, 5.74) is 1.83. The lowest BCUT2D eigenvalue weighted by Gasteiger charge is -2.15. The molecule has 2 aromatic rings. The Bertz CT molecular complexity index is 543. The van der Waals surface area contributed by atoms with Gasteiger partial charge in [-0.05, 0) is 34.0 Å². The van der Waals surface area contributed by atoms with Crippen molar-refractivity contribution in [3.05, 3.63) is 30.1 Å². The second kappa shape index (κ2) is 6.44. The Labute approximate surface area is 116 Å². The zero-order valence-electron chi connectivity index (χ0n) is 11.5. The van der Waals surface area contributed by atoms with E-state index in [1.54, 1.807) is 0 Å². The summed E-state index contributed by atoms with van der Waals surface area (Å²) in [5, 5.41) is 29.3. The van der Waals surface area contributed by atoms with E-state index < -0.39 is 6.10 Å². The molecule has 7 heteroatoms. The number of nitrogens with zero attached hydrogens (tertiary/aromatic N) is 4. The van der Waals surface area contributed by atoms with Crippen molar-refractivity contribution in [1.82, 2.24) is 20.2 Å². The smallest absolute Gasteiger partial charge is 0.145 e. The van der Waals surface area contributed by atoms with Gasteiger partial charge >= 0.3 is 0 Å². The molecule has 20 heavy (non-hydrogen) atoms. The topological polar surface area (TPSA) is 93.3 Å². The lowest BCUT2D eigenvalue weighted by atomic mass is 10.0. The molecular weight excluding hydrogens is 260 g/mol. The lowest BCUT2D eigenvalue weighted by Crippen LogP contribution is -2.21. The molecule has 2 rings (SSSR count). The first-order valence-corrected chi connectivity index (χ1v) is 6.41. The quantitative estimate of drug-likeness (QED) is 0.800. The van der Waals surface area contributed by atoms with Crippen LogP contribution in [0.2, 0.25) is 0 Å². The molecule has 0 bridgehead atoms. The highest BCUT2D eigenvalue weighted by Crippen LogP contribution is 2.27. The zero-order valence-corrected chi connectivity index (χ0v) is 11.5. The average Bonchev–Trinajstić information content (AvgIpc) is 2.98. The van der Waals surface area contributed by atoms with E-state index in [-0.39, 0.29) is 13.2 Å². The molecule has 2 N–H and O–H groups in total. The summed E-state index contributed by atoms with van der Waals surface area (Å²) in [5.74, 6) is 0.913. The van der Waals surface area contributed by atoms with Crippen molar-refractivity contribution in [2.45, 2.75) is 25.9 Å². The number of aliphatic hydroxyl groups is 2. The lowest BCUT2D eigenvalue weighted by molar-refractivity contribution is 0.0535. The molecule has 0 saturated heterocycles. The monoisotopic (exact) mass is 278 g/mol. The summed E-state index contributed by atoms with van der Waals surface area (Å²) in [6.07, 6.45) is 0.566. The van der Waals surface area contributed by atoms with E-state index in [1.165, 1.54) is 11.0 Å². The molecule has 1 unspecified atom stereocenters. The van der Waals surface area contributed by atoms with Crippen LogP contribution in [0.1, 0.15) is 25.3 Å². The molecule has 0 radical (unpaired) electrons. The van der Waals surface area contributed by atoms with Crippen molar-refractivity contribution in [2.24, 2.45) is 0 Å². The van der Waals surface area contributed by atoms with Gasteiger partial charge in [0.05, 0.1) is 6.61 Å². The Balaban J connectivity index is 2.30. The van der Waals surface area contributed by atoms with Crippen molar-refractivity contribution in [3.8, 4) is 11.4 Å². The number of hydrogen-bond acceptors (Lipinski definition) is 6. The normalized spacial score (nSPS) is 12.7. The molecule has 108 valence electrons. The van der Waals surface area contributed by atoms with Gasteiger partial charge in [0.25, 0.3) is 0 Å². The molecule has 1 heterocycles. The van der Waals surface area contributed by atoms with Gasteiger partial charge < -0.3 is 14.9 Å². The summed E-state index contributed by atoms with van der Waals surface area (Å²) in [6, 6.07) is 5.72. The van der Waals surface area contributed by atoms with Crippen molar-refractivity contribution >= 4 is 0 Å². The van der Waals surface area contributed by atoms with Crippen LogP contribution in [0.5, 0.6) is 5.75 Å². The van der Waals surface area contributed by atoms with Crippen LogP contribution in [0, 0.1) is 0 Å². The molecule has 0 spiro atoms. The third-order valence-electron chi connectivity index (χ3n) is 2.89. The second-order valence-electron chi connectivity index (χ2n) is 4.78. The first-order chi connectivity index (χ1) is 9.61. The maximum atomic E-state index is 9.36. The Morgan fingerprint density at radius 3 is 2.75 bits per heavy atom. The highest BCUT2D eigenvalue weighted by atomic mass is 16.5. The largest absolute Gasteiger partial charge is 0.489 e. The molecule has 0 aliphatic carbocycles. The van der Waals surface area contributed by atoms with Gasteiger partial charge in [-0.3, -0.25) is 0 Å². The standard InChI is InChI=1S/C13H18N4O3/c1-9(2)10-3-4-13(20-7-11(19)6-18)12(5-10)17-8-14-15-16-17/h3-5,8-9,11,18-19H,6-7H2,1-2H3. The van der Waals surface area contributed by atoms with Crippen LogP contribution in [0.4, 0.5) is 0 Å². The molecule has 7 nitrogen and oxygen atoms in total. The number of rotatable bonds is 6. The van der Waals surface area contributed by atoms with Crippen molar-refractivity contribution in [3.63, 3.8) is 0 Å². The minimum absolute atomic E-state index is 0.00660. The fraction of sp³-hybridized carbons (Fsp3) is 0.462. The number of ether oxygens (including phenoxy) is 1. The van der Waals surface area contributed by atoms with Crippen molar-refractivity contribution in [1.29, 1.82) is 0 Å². The maximum Gasteiger partial charge on any atom is 0.145 e. The van der Waals surface area contributed by atoms with Crippen LogP contribution in [-0.2, 0) is 0 Å². The van der Waals surface area contributed by atoms with E-state index in [1.807, 2.05) is 18.2 Å². The molecule has 1 aromatic heterocycles. The Hall–Kier alpha value is -1.99. The third-order valence-corrected chi connectivity index (χ3v) is 2.89. The van der Waals surface area contributed by atoms with Crippen LogP contribution in [-0.4, -0.2) is 49.7 Å². The van der Waals surface area contributed by atoms with E-state index in [4.69, 9.17) is 9.84 Å². The number of aliphatic hydroxyl groups excluding tert-OH is 2. The van der Waals surface area contributed by atoms with Crippen molar-refractivity contribution in [2.75, 3.05) is 13.2 Å². The van der Waals surface area contributed by atoms with Crippen molar-refractivity contribution < 1.29 is 14.9 Å². The highest BCUT2D eigenvalue weighted by Gasteiger charge is 2.12. The van der Waals surface area contributed by atoms with E-state index in [0.29, 0.717) is 17.4 Å². The maximum absolute atomic E-state index is 9.36. The molecule has 0 aliphatic heterocycles. The first kappa shape index (κ1) is 14.4. The molecule has 0 aliphatic rings. The highest BCUT2D eigenvalue weighted by molar-refractivity contribution is 5.48. The summed E-state index contributed by atoms with van der Waals surface area (Å²) in [6.45, 7) is 3.85. The van der Waals surface area contributed by atoms with Gasteiger partial charge in [0, 0.05) is 0 Å². The van der Waals surface area contributed by atoms with Gasteiger partial charge in [-0.1, -0.05) is 19.9 Å². The number of aromatic nitrogens is 4. The van der Waals surface area contributed by atoms with Gasteiger partial charge in [0.1, 0.15) is 30.5 Å². The molecule has 1 atom stereocenters. The fourth-order valence-electron chi connectivity index (χ4n) is 1.70. The van der Waals surface area contributed by atoms with Gasteiger partial charge in [0.2, 0.25) is 0 Å². The third kappa shape index (κ3) is 3.31. The van der Waals surface area contributed by atoms with E-state index in [2.05, 4.69) is 29.4 Å². The predicted molar refractivity (Wildman–Crippen MR) is 71.8 cm³/mol. The Kier molecular flexibility index (Phi) is 4.65. The van der Waals surface area contributed by atoms with E-state index in [9.17, 15) is 5.11 Å². The van der Waals surface area contributed by atoms with Crippen LogP contribution >= 0.6 is 0 Å². The summed E-state index contributed by atoms with van der Waals surface area (Å²) in [4.78, 5) is 0. The number of benzene rings is 1. The summed E-state index contributed by atoms with van der Waals surface area (Å²) >= 11 is 0. The molecular formula is C13H18N4O3. The Morgan fingerprint density at radius 1 is 1.35 bits per heavy atom. The van der Waals surface area contributed by atoms with Crippen LogP contribution < -0.4 is 4.74 Å². The predicted octanol–water partition coefficient (Wildman–Crippen LogP) is 0.518. The molecule has 0 saturated carbocycles. The van der Waals surface area contributed by atoms with E-state index >= 15 is 0 Å². The SMILES string of the molecule is CC(C)c1ccc(OCC(O)CO)c(-n2cnnn2)c1. The van der Waals surface area contributed by atoms with E-state index in [0.717, 1.165) is 5.56 Å². The first-order valence-electron chi connectivity index (χ1n) is 6.41. The molecule has 0 amide bonds. The number of hydrogen-bond donors (Lipinski definition) is 2. The summed E-state index contributed by atoms with van der Waals surface area (Å²) < 4.78 is 7.03. The second-order valence-corrected chi connectivity index (χ2v) is 4.78. The van der Waals surface area contributed by atoms with Gasteiger partial charge in [-0.2, -0.15) is 4.68 Å². The number of tetrazole rings is 1. The van der Waals surface area contributed by atoms with Gasteiger partial charge in [0.15, 0.2) is 0 Å². The molecule has 1 aromatic carbocycles. The fourth-order valence-corrected chi connectivity index (χ4v) is 1.70. The van der Waals surface area contributed by atoms with Gasteiger partial charge in [-0.15, -0.1) is 5.10 Å². The zero-order chi connectivity index (χ0) is 14.5. The average molecular weight is 278 g/mol. The van der Waals surface area contributed by atoms with Crippen LogP contribution in [0.15, 0.2) is 24.5 Å². The minimum Gasteiger partial charge on any atom is -0.489 e. The Morgan fingerprint density at radius 2 is 2.15 bits per heavy atom. The summed E-state index contributed by atoms with van der Waals surface area (Å²) in [7, 11) is 0. The van der Waals surface area contributed by atoms with Gasteiger partial charge in [-0.25, -0.2) is 0 Å². The minimum atomic E-state index is -0.915. The van der Waals surface area contributed by atoms with Crippen LogP contribution in [0.3, 0.4) is 0 Å².